The zero-order valence-electron chi connectivity index (χ0n) is 8.76. The lowest BCUT2D eigenvalue weighted by molar-refractivity contribution is -0.136. The van der Waals surface area contributed by atoms with Crippen LogP contribution in [0.25, 0.3) is 0 Å². The number of aliphatic imine (C=N–C) groups is 1. The van der Waals surface area contributed by atoms with Crippen LogP contribution in [-0.4, -0.2) is 19.8 Å². The van der Waals surface area contributed by atoms with Crippen molar-refractivity contribution in [1.29, 1.82) is 0 Å². The molecule has 3 heteroatoms. The number of carbonyl (C=O) groups excluding carboxylic acids is 1. The summed E-state index contributed by atoms with van der Waals surface area (Å²) in [6, 6.07) is 0. The van der Waals surface area contributed by atoms with Gasteiger partial charge in [-0.25, -0.2) is 4.79 Å². The third-order valence-corrected chi connectivity index (χ3v) is 0.948. The molecule has 0 heterocycles. The van der Waals surface area contributed by atoms with Gasteiger partial charge in [-0.05, 0) is 19.7 Å². The molecule has 0 N–H and O–H groups in total. The van der Waals surface area contributed by atoms with E-state index in [1.54, 1.807) is 6.92 Å². The number of carbonyl (C=O) groups is 1. The quantitative estimate of drug-likeness (QED) is 0.291. The van der Waals surface area contributed by atoms with Crippen LogP contribution >= 0.6 is 0 Å². The van der Waals surface area contributed by atoms with Gasteiger partial charge in [-0.15, -0.1) is 0 Å². The maximum Gasteiger partial charge on any atom is 0.356 e. The Bertz CT molecular complexity index is 217. The van der Waals surface area contributed by atoms with E-state index in [9.17, 15) is 4.79 Å². The fraction of sp³-hybridized carbons (Fsp3) is 0.400. The molecule has 0 atom stereocenters. The zero-order valence-corrected chi connectivity index (χ0v) is 8.76. The second kappa shape index (κ2) is 8.71. The summed E-state index contributed by atoms with van der Waals surface area (Å²) >= 11 is 0. The average molecular weight is 183 g/mol. The minimum absolute atomic E-state index is 0.181. The standard InChI is InChI=1S/C8H11NO2.C2H6/c1-6(2)5-7(9-3)8(10)11-4;1-2/h5H,1,3H2,2,4H3;1-2H3/b7-5-;. The Balaban J connectivity index is 0. The lowest BCUT2D eigenvalue weighted by Gasteiger charge is -1.97. The van der Waals surface area contributed by atoms with E-state index in [1.807, 2.05) is 13.8 Å². The molecule has 0 aliphatic carbocycles. The van der Waals surface area contributed by atoms with Gasteiger partial charge in [-0.3, -0.25) is 4.99 Å². The number of ether oxygens (including phenoxy) is 1. The van der Waals surface area contributed by atoms with Gasteiger partial charge in [0.05, 0.1) is 7.11 Å². The van der Waals surface area contributed by atoms with Crippen LogP contribution in [-0.2, 0) is 9.53 Å². The molecule has 0 aromatic carbocycles. The summed E-state index contributed by atoms with van der Waals surface area (Å²) in [6.45, 7) is 12.6. The predicted molar refractivity (Wildman–Crippen MR) is 55.8 cm³/mol. The number of esters is 1. The number of methoxy groups -OCH3 is 1. The number of nitrogens with zero attached hydrogens (tertiary/aromatic N) is 1. The van der Waals surface area contributed by atoms with Crippen molar-refractivity contribution in [3.05, 3.63) is 23.9 Å². The number of allylic oxidation sites excluding steroid dienone is 2. The van der Waals surface area contributed by atoms with Gasteiger partial charge in [-0.2, -0.15) is 0 Å². The zero-order chi connectivity index (χ0) is 10.9. The minimum atomic E-state index is -0.497. The second-order valence-corrected chi connectivity index (χ2v) is 2.03. The summed E-state index contributed by atoms with van der Waals surface area (Å²) in [4.78, 5) is 14.3. The maximum absolute atomic E-state index is 10.8. The molecule has 0 spiro atoms. The van der Waals surface area contributed by atoms with Gasteiger partial charge >= 0.3 is 5.97 Å². The largest absolute Gasteiger partial charge is 0.464 e. The van der Waals surface area contributed by atoms with E-state index >= 15 is 0 Å². The SMILES string of the molecule is C=N/C(=C\C(=C)C)C(=O)OC.CC. The van der Waals surface area contributed by atoms with E-state index in [0.29, 0.717) is 0 Å². The van der Waals surface area contributed by atoms with Crippen molar-refractivity contribution in [2.45, 2.75) is 20.8 Å². The Morgan fingerprint density at radius 2 is 1.92 bits per heavy atom. The molecule has 13 heavy (non-hydrogen) atoms. The van der Waals surface area contributed by atoms with Gasteiger partial charge in [0.2, 0.25) is 0 Å². The van der Waals surface area contributed by atoms with Crippen LogP contribution in [0.15, 0.2) is 28.9 Å². The summed E-state index contributed by atoms with van der Waals surface area (Å²) in [5.74, 6) is -0.497. The molecule has 0 aliphatic rings. The molecular formula is C10H17NO2. The van der Waals surface area contributed by atoms with E-state index < -0.39 is 5.97 Å². The summed E-state index contributed by atoms with van der Waals surface area (Å²) in [7, 11) is 1.29. The molecule has 0 aromatic rings. The lowest BCUT2D eigenvalue weighted by Crippen LogP contribution is -2.02. The normalized spacial score (nSPS) is 9.38. The fourth-order valence-corrected chi connectivity index (χ4v) is 0.507. The van der Waals surface area contributed by atoms with Crippen LogP contribution in [0.2, 0.25) is 0 Å². The first-order chi connectivity index (χ1) is 6.11. The van der Waals surface area contributed by atoms with Gasteiger partial charge in [0.15, 0.2) is 0 Å². The van der Waals surface area contributed by atoms with Crippen LogP contribution in [0.4, 0.5) is 0 Å². The minimum Gasteiger partial charge on any atom is -0.464 e. The Morgan fingerprint density at radius 1 is 1.46 bits per heavy atom. The van der Waals surface area contributed by atoms with Crippen LogP contribution in [0.1, 0.15) is 20.8 Å². The summed E-state index contributed by atoms with van der Waals surface area (Å²) < 4.78 is 4.42. The van der Waals surface area contributed by atoms with Gasteiger partial charge in [0.1, 0.15) is 5.70 Å². The third kappa shape index (κ3) is 7.00. The van der Waals surface area contributed by atoms with Crippen molar-refractivity contribution in [1.82, 2.24) is 0 Å². The van der Waals surface area contributed by atoms with E-state index in [-0.39, 0.29) is 5.70 Å². The third-order valence-electron chi connectivity index (χ3n) is 0.948. The molecular weight excluding hydrogens is 166 g/mol. The molecule has 0 saturated carbocycles. The highest BCUT2D eigenvalue weighted by molar-refractivity contribution is 5.89. The number of hydrogen-bond acceptors (Lipinski definition) is 3. The molecule has 0 aromatic heterocycles. The molecule has 0 aliphatic heterocycles. The molecule has 0 fully saturated rings. The average Bonchev–Trinajstić information content (AvgIpc) is 2.16. The summed E-state index contributed by atoms with van der Waals surface area (Å²) in [5, 5.41) is 0. The van der Waals surface area contributed by atoms with E-state index in [2.05, 4.69) is 23.0 Å². The van der Waals surface area contributed by atoms with Gasteiger partial charge in [-0.1, -0.05) is 26.0 Å². The molecule has 0 rings (SSSR count). The van der Waals surface area contributed by atoms with E-state index in [0.717, 1.165) is 5.57 Å². The van der Waals surface area contributed by atoms with Gasteiger partial charge in [0.25, 0.3) is 0 Å². The number of rotatable bonds is 3. The predicted octanol–water partition coefficient (Wildman–Crippen LogP) is 2.35. The first-order valence-corrected chi connectivity index (χ1v) is 4.04. The highest BCUT2D eigenvalue weighted by atomic mass is 16.5. The molecule has 0 unspecified atom stereocenters. The van der Waals surface area contributed by atoms with E-state index in [4.69, 9.17) is 0 Å². The highest BCUT2D eigenvalue weighted by Gasteiger charge is 2.05. The van der Waals surface area contributed by atoms with E-state index in [1.165, 1.54) is 13.2 Å². The van der Waals surface area contributed by atoms with Crippen LogP contribution in [0, 0.1) is 0 Å². The maximum atomic E-state index is 10.8. The van der Waals surface area contributed by atoms with Gasteiger partial charge < -0.3 is 4.74 Å². The van der Waals surface area contributed by atoms with Crippen LogP contribution < -0.4 is 0 Å². The molecule has 74 valence electrons. The second-order valence-electron chi connectivity index (χ2n) is 2.03. The molecule has 0 amide bonds. The smallest absolute Gasteiger partial charge is 0.356 e. The Labute approximate surface area is 79.8 Å². The molecule has 0 bridgehead atoms. The topological polar surface area (TPSA) is 38.7 Å². The molecule has 0 radical (unpaired) electrons. The Kier molecular flexibility index (Phi) is 9.49. The van der Waals surface area contributed by atoms with Crippen LogP contribution in [0.3, 0.4) is 0 Å². The monoisotopic (exact) mass is 183 g/mol. The summed E-state index contributed by atoms with van der Waals surface area (Å²) in [6.07, 6.45) is 1.51. The van der Waals surface area contributed by atoms with Crippen molar-refractivity contribution in [2.75, 3.05) is 7.11 Å². The van der Waals surface area contributed by atoms with Crippen molar-refractivity contribution < 1.29 is 9.53 Å². The van der Waals surface area contributed by atoms with Crippen molar-refractivity contribution in [3.63, 3.8) is 0 Å². The van der Waals surface area contributed by atoms with Gasteiger partial charge in [0, 0.05) is 0 Å². The molecule has 0 saturated heterocycles. The van der Waals surface area contributed by atoms with Crippen molar-refractivity contribution in [2.24, 2.45) is 4.99 Å². The highest BCUT2D eigenvalue weighted by Crippen LogP contribution is 2.02. The first-order valence-electron chi connectivity index (χ1n) is 4.04. The van der Waals surface area contributed by atoms with Crippen molar-refractivity contribution in [3.8, 4) is 0 Å². The molecule has 3 nitrogen and oxygen atoms in total. The first kappa shape index (κ1) is 14.2. The summed E-state index contributed by atoms with van der Waals surface area (Å²) in [5.41, 5.74) is 0.915. The fourth-order valence-electron chi connectivity index (χ4n) is 0.507. The Morgan fingerprint density at radius 3 is 2.15 bits per heavy atom. The lowest BCUT2D eigenvalue weighted by atomic mass is 10.3. The van der Waals surface area contributed by atoms with Crippen molar-refractivity contribution >= 4 is 12.7 Å². The van der Waals surface area contributed by atoms with Crippen LogP contribution in [0.5, 0.6) is 0 Å². The number of hydrogen-bond donors (Lipinski definition) is 0. The Hall–Kier alpha value is -1.38.